The molecule has 3 fully saturated rings. The van der Waals surface area contributed by atoms with Crippen LogP contribution in [0.15, 0.2) is 18.2 Å². The third-order valence-electron chi connectivity index (χ3n) is 6.66. The van der Waals surface area contributed by atoms with Crippen LogP contribution in [0.2, 0.25) is 5.02 Å². The number of ether oxygens (including phenoxy) is 1. The summed E-state index contributed by atoms with van der Waals surface area (Å²) in [7, 11) is 0. The number of alkyl carbamates (subject to hydrolysis) is 1. The lowest BCUT2D eigenvalue weighted by atomic mass is 9.65. The van der Waals surface area contributed by atoms with Crippen molar-refractivity contribution >= 4 is 29.3 Å². The van der Waals surface area contributed by atoms with Crippen LogP contribution in [0.3, 0.4) is 0 Å². The van der Waals surface area contributed by atoms with E-state index >= 15 is 0 Å². The van der Waals surface area contributed by atoms with Crippen molar-refractivity contribution in [2.24, 2.45) is 11.3 Å². The van der Waals surface area contributed by atoms with Crippen molar-refractivity contribution in [3.63, 3.8) is 0 Å². The number of carbonyl (C=O) groups is 2. The Hall–Kier alpha value is -1.86. The first kappa shape index (κ1) is 21.4. The molecule has 6 nitrogen and oxygen atoms in total. The number of hydrogen-bond donors (Lipinski definition) is 2. The SMILES string of the molecule is CC1(OC(=O)NCCN2CC3(CCC(C(=O)Nc4cc(F)cc(Cl)c4)CC3)C2)CC1. The van der Waals surface area contributed by atoms with Gasteiger partial charge in [-0.25, -0.2) is 9.18 Å². The van der Waals surface area contributed by atoms with E-state index in [2.05, 4.69) is 15.5 Å². The van der Waals surface area contributed by atoms with Gasteiger partial charge in [-0.15, -0.1) is 0 Å². The van der Waals surface area contributed by atoms with Gasteiger partial charge in [-0.1, -0.05) is 11.6 Å². The van der Waals surface area contributed by atoms with Gasteiger partial charge in [0, 0.05) is 42.8 Å². The third kappa shape index (κ3) is 5.24. The highest BCUT2D eigenvalue weighted by atomic mass is 35.5. The lowest BCUT2D eigenvalue weighted by Crippen LogP contribution is -2.59. The zero-order valence-corrected chi connectivity index (χ0v) is 18.1. The van der Waals surface area contributed by atoms with Gasteiger partial charge in [0.2, 0.25) is 5.91 Å². The molecule has 0 aromatic heterocycles. The first-order valence-electron chi connectivity index (χ1n) is 10.7. The molecule has 2 saturated carbocycles. The van der Waals surface area contributed by atoms with Crippen LogP contribution in [0.5, 0.6) is 0 Å². The van der Waals surface area contributed by atoms with Gasteiger partial charge in [0.15, 0.2) is 0 Å². The van der Waals surface area contributed by atoms with Gasteiger partial charge < -0.3 is 20.3 Å². The molecule has 1 aromatic rings. The molecule has 8 heteroatoms. The molecule has 1 saturated heterocycles. The molecule has 1 spiro atoms. The van der Waals surface area contributed by atoms with Crippen molar-refractivity contribution in [1.82, 2.24) is 10.2 Å². The Morgan fingerprint density at radius 1 is 1.20 bits per heavy atom. The number of anilines is 1. The zero-order chi connectivity index (χ0) is 21.4. The summed E-state index contributed by atoms with van der Waals surface area (Å²) in [5.41, 5.74) is 0.458. The van der Waals surface area contributed by atoms with E-state index in [4.69, 9.17) is 16.3 Å². The van der Waals surface area contributed by atoms with Crippen molar-refractivity contribution in [2.75, 3.05) is 31.5 Å². The summed E-state index contributed by atoms with van der Waals surface area (Å²) in [6.07, 6.45) is 5.28. The van der Waals surface area contributed by atoms with E-state index in [1.165, 1.54) is 12.1 Å². The molecule has 1 aliphatic heterocycles. The maximum absolute atomic E-state index is 13.4. The molecule has 0 radical (unpaired) electrons. The summed E-state index contributed by atoms with van der Waals surface area (Å²) < 4.78 is 18.8. The molecule has 0 unspecified atom stereocenters. The predicted molar refractivity (Wildman–Crippen MR) is 113 cm³/mol. The topological polar surface area (TPSA) is 70.7 Å². The van der Waals surface area contributed by atoms with Crippen LogP contribution >= 0.6 is 11.6 Å². The van der Waals surface area contributed by atoms with Crippen molar-refractivity contribution in [1.29, 1.82) is 0 Å². The molecule has 30 heavy (non-hydrogen) atoms. The van der Waals surface area contributed by atoms with Crippen LogP contribution < -0.4 is 10.6 Å². The minimum Gasteiger partial charge on any atom is -0.443 e. The summed E-state index contributed by atoms with van der Waals surface area (Å²) in [5, 5.41) is 5.90. The maximum atomic E-state index is 13.4. The van der Waals surface area contributed by atoms with Crippen LogP contribution in [0.4, 0.5) is 14.9 Å². The molecule has 1 heterocycles. The Morgan fingerprint density at radius 2 is 1.90 bits per heavy atom. The first-order valence-corrected chi connectivity index (χ1v) is 11.1. The van der Waals surface area contributed by atoms with Crippen LogP contribution in [-0.2, 0) is 9.53 Å². The van der Waals surface area contributed by atoms with Gasteiger partial charge in [-0.3, -0.25) is 4.79 Å². The van der Waals surface area contributed by atoms with E-state index in [1.807, 2.05) is 6.92 Å². The number of hydrogen-bond acceptors (Lipinski definition) is 4. The lowest BCUT2D eigenvalue weighted by Gasteiger charge is -2.53. The number of nitrogens with zero attached hydrogens (tertiary/aromatic N) is 1. The molecule has 164 valence electrons. The van der Waals surface area contributed by atoms with Crippen molar-refractivity contribution in [3.05, 3.63) is 29.0 Å². The summed E-state index contributed by atoms with van der Waals surface area (Å²) in [4.78, 5) is 26.6. The van der Waals surface area contributed by atoms with E-state index in [1.54, 1.807) is 6.07 Å². The van der Waals surface area contributed by atoms with E-state index in [0.29, 0.717) is 17.6 Å². The Labute approximate surface area is 181 Å². The Kier molecular flexibility index (Phi) is 5.95. The fraction of sp³-hybridized carbons (Fsp3) is 0.636. The number of halogens is 2. The molecule has 0 bridgehead atoms. The predicted octanol–water partition coefficient (Wildman–Crippen LogP) is 4.19. The maximum Gasteiger partial charge on any atom is 0.407 e. The van der Waals surface area contributed by atoms with Gasteiger partial charge in [0.05, 0.1) is 0 Å². The number of benzene rings is 1. The van der Waals surface area contributed by atoms with Crippen LogP contribution in [0.25, 0.3) is 0 Å². The van der Waals surface area contributed by atoms with Crippen molar-refractivity contribution in [3.8, 4) is 0 Å². The van der Waals surface area contributed by atoms with E-state index in [-0.39, 0.29) is 28.5 Å². The number of amides is 2. The molecule has 2 aliphatic carbocycles. The first-order chi connectivity index (χ1) is 14.2. The second-order valence-corrected chi connectivity index (χ2v) is 9.83. The van der Waals surface area contributed by atoms with Crippen molar-refractivity contribution in [2.45, 2.75) is 51.0 Å². The molecule has 3 aliphatic rings. The van der Waals surface area contributed by atoms with Gasteiger partial charge >= 0.3 is 6.09 Å². The van der Waals surface area contributed by atoms with Crippen LogP contribution in [0, 0.1) is 17.2 Å². The molecule has 4 rings (SSSR count). The molecule has 2 N–H and O–H groups in total. The summed E-state index contributed by atoms with van der Waals surface area (Å²) in [5.74, 6) is -0.568. The Balaban J connectivity index is 1.14. The fourth-order valence-corrected chi connectivity index (χ4v) is 4.82. The number of likely N-dealkylation sites (tertiary alicyclic amines) is 1. The number of carbonyl (C=O) groups excluding carboxylic acids is 2. The number of rotatable bonds is 6. The molecular weight excluding hydrogens is 409 g/mol. The summed E-state index contributed by atoms with van der Waals surface area (Å²) in [6, 6.07) is 4.06. The Bertz CT molecular complexity index is 794. The largest absolute Gasteiger partial charge is 0.443 e. The molecule has 0 atom stereocenters. The molecule has 2 amide bonds. The second-order valence-electron chi connectivity index (χ2n) is 9.40. The normalized spacial score (nSPS) is 22.2. The zero-order valence-electron chi connectivity index (χ0n) is 17.3. The quantitative estimate of drug-likeness (QED) is 0.700. The summed E-state index contributed by atoms with van der Waals surface area (Å²) >= 11 is 5.86. The van der Waals surface area contributed by atoms with Gasteiger partial charge in [-0.2, -0.15) is 0 Å². The molecular formula is C22H29ClFN3O3. The van der Waals surface area contributed by atoms with Crippen LogP contribution in [-0.4, -0.2) is 48.7 Å². The van der Waals surface area contributed by atoms with E-state index in [0.717, 1.165) is 58.2 Å². The Morgan fingerprint density at radius 3 is 2.53 bits per heavy atom. The summed E-state index contributed by atoms with van der Waals surface area (Å²) in [6.45, 7) is 5.38. The van der Waals surface area contributed by atoms with E-state index in [9.17, 15) is 14.0 Å². The average Bonchev–Trinajstić information content (AvgIpc) is 3.36. The van der Waals surface area contributed by atoms with Crippen LogP contribution in [0.1, 0.15) is 45.4 Å². The van der Waals surface area contributed by atoms with Gasteiger partial charge in [-0.05, 0) is 69.1 Å². The highest BCUT2D eigenvalue weighted by molar-refractivity contribution is 6.30. The minimum absolute atomic E-state index is 0.0491. The highest BCUT2D eigenvalue weighted by Crippen LogP contribution is 2.45. The fourth-order valence-electron chi connectivity index (χ4n) is 4.59. The number of nitrogens with one attached hydrogen (secondary N) is 2. The minimum atomic E-state index is -0.459. The van der Waals surface area contributed by atoms with Crippen molar-refractivity contribution < 1.29 is 18.7 Å². The monoisotopic (exact) mass is 437 g/mol. The second kappa shape index (κ2) is 8.35. The standard InChI is InChI=1S/C22H29ClFN3O3/c1-21(6-7-21)30-20(29)25-8-9-27-13-22(14-27)4-2-15(3-5-22)19(28)26-18-11-16(23)10-17(24)12-18/h10-12,15H,2-9,13-14H2,1H3,(H,25,29)(H,26,28). The van der Waals surface area contributed by atoms with Gasteiger partial charge in [0.25, 0.3) is 0 Å². The van der Waals surface area contributed by atoms with Gasteiger partial charge in [0.1, 0.15) is 11.4 Å². The smallest absolute Gasteiger partial charge is 0.407 e. The third-order valence-corrected chi connectivity index (χ3v) is 6.87. The molecule has 1 aromatic carbocycles. The lowest BCUT2D eigenvalue weighted by molar-refractivity contribution is -0.123. The average molecular weight is 438 g/mol. The highest BCUT2D eigenvalue weighted by Gasteiger charge is 2.46. The van der Waals surface area contributed by atoms with E-state index < -0.39 is 5.82 Å².